The van der Waals surface area contributed by atoms with E-state index in [-0.39, 0.29) is 12.5 Å². The summed E-state index contributed by atoms with van der Waals surface area (Å²) in [5.74, 6) is 5.47. The Bertz CT molecular complexity index is 237. The zero-order valence-electron chi connectivity index (χ0n) is 8.88. The fraction of sp³-hybridized carbons (Fsp3) is 0.545. The third-order valence-electron chi connectivity index (χ3n) is 1.52. The molecular formula is C11H17NO2. The third kappa shape index (κ3) is 6.27. The van der Waals surface area contributed by atoms with Crippen molar-refractivity contribution in [2.75, 3.05) is 26.2 Å². The van der Waals surface area contributed by atoms with Crippen LogP contribution in [0.25, 0.3) is 0 Å². The average Bonchev–Trinajstić information content (AvgIpc) is 2.15. The fourth-order valence-corrected chi connectivity index (χ4v) is 0.948. The van der Waals surface area contributed by atoms with Crippen LogP contribution >= 0.6 is 0 Å². The second-order valence-electron chi connectivity index (χ2n) is 2.69. The van der Waals surface area contributed by atoms with E-state index in [4.69, 9.17) is 4.74 Å². The van der Waals surface area contributed by atoms with Gasteiger partial charge in [0.1, 0.15) is 0 Å². The quantitative estimate of drug-likeness (QED) is 0.360. The Kier molecular flexibility index (Phi) is 7.58. The van der Waals surface area contributed by atoms with Gasteiger partial charge in [-0.05, 0) is 13.8 Å². The van der Waals surface area contributed by atoms with Crippen molar-refractivity contribution in [3.05, 3.63) is 12.7 Å². The molecule has 0 rings (SSSR count). The normalized spacial score (nSPS) is 9.07. The number of nitrogens with zero attached hydrogens (tertiary/aromatic N) is 1. The second kappa shape index (κ2) is 8.33. The first-order valence-corrected chi connectivity index (χ1v) is 4.63. The van der Waals surface area contributed by atoms with Gasteiger partial charge in [0.05, 0.1) is 19.7 Å². The Morgan fingerprint density at radius 3 is 2.86 bits per heavy atom. The van der Waals surface area contributed by atoms with Gasteiger partial charge in [-0.25, -0.2) is 0 Å². The van der Waals surface area contributed by atoms with Crippen LogP contribution in [-0.2, 0) is 9.53 Å². The zero-order chi connectivity index (χ0) is 10.8. The van der Waals surface area contributed by atoms with Crippen LogP contribution in [0.3, 0.4) is 0 Å². The maximum Gasteiger partial charge on any atom is 0.320 e. The van der Waals surface area contributed by atoms with Crippen molar-refractivity contribution >= 4 is 5.97 Å². The van der Waals surface area contributed by atoms with E-state index < -0.39 is 0 Å². The Balaban J connectivity index is 3.98. The fourth-order valence-electron chi connectivity index (χ4n) is 0.948. The van der Waals surface area contributed by atoms with Gasteiger partial charge in [-0.15, -0.1) is 12.5 Å². The summed E-state index contributed by atoms with van der Waals surface area (Å²) in [5, 5.41) is 0. The van der Waals surface area contributed by atoms with Crippen LogP contribution in [-0.4, -0.2) is 37.1 Å². The number of rotatable bonds is 6. The van der Waals surface area contributed by atoms with E-state index in [0.717, 1.165) is 0 Å². The topological polar surface area (TPSA) is 29.5 Å². The molecule has 3 heteroatoms. The predicted molar refractivity (Wildman–Crippen MR) is 56.7 cm³/mol. The highest BCUT2D eigenvalue weighted by atomic mass is 16.5. The Morgan fingerprint density at radius 1 is 1.64 bits per heavy atom. The molecule has 0 fully saturated rings. The molecular weight excluding hydrogens is 178 g/mol. The van der Waals surface area contributed by atoms with Gasteiger partial charge in [0.25, 0.3) is 0 Å². The van der Waals surface area contributed by atoms with Gasteiger partial charge in [-0.3, -0.25) is 9.69 Å². The van der Waals surface area contributed by atoms with Crippen LogP contribution in [0, 0.1) is 11.8 Å². The van der Waals surface area contributed by atoms with Gasteiger partial charge in [-0.1, -0.05) is 12.0 Å². The molecule has 3 nitrogen and oxygen atoms in total. The molecule has 0 saturated carbocycles. The highest BCUT2D eigenvalue weighted by molar-refractivity contribution is 5.71. The molecule has 0 saturated heterocycles. The number of hydrogen-bond acceptors (Lipinski definition) is 3. The highest BCUT2D eigenvalue weighted by Crippen LogP contribution is 1.90. The average molecular weight is 195 g/mol. The summed E-state index contributed by atoms with van der Waals surface area (Å²) in [5.41, 5.74) is 0. The van der Waals surface area contributed by atoms with Crippen LogP contribution in [0.2, 0.25) is 0 Å². The summed E-state index contributed by atoms with van der Waals surface area (Å²) < 4.78 is 4.84. The highest BCUT2D eigenvalue weighted by Gasteiger charge is 2.08. The van der Waals surface area contributed by atoms with Crippen LogP contribution < -0.4 is 0 Å². The largest absolute Gasteiger partial charge is 0.465 e. The molecule has 0 aromatic heterocycles. The molecule has 0 amide bonds. The summed E-state index contributed by atoms with van der Waals surface area (Å²) >= 11 is 0. The molecule has 0 radical (unpaired) electrons. The molecule has 0 aliphatic rings. The maximum atomic E-state index is 11.1. The molecule has 0 N–H and O–H groups in total. The van der Waals surface area contributed by atoms with E-state index in [1.54, 1.807) is 19.9 Å². The minimum absolute atomic E-state index is 0.216. The van der Waals surface area contributed by atoms with Crippen LogP contribution in [0.15, 0.2) is 12.7 Å². The van der Waals surface area contributed by atoms with Gasteiger partial charge in [0, 0.05) is 6.54 Å². The Morgan fingerprint density at radius 2 is 2.36 bits per heavy atom. The summed E-state index contributed by atoms with van der Waals surface area (Å²) in [4.78, 5) is 13.0. The molecule has 0 spiro atoms. The molecule has 0 heterocycles. The minimum atomic E-state index is -0.216. The lowest BCUT2D eigenvalue weighted by atomic mass is 10.4. The number of esters is 1. The number of hydrogen-bond donors (Lipinski definition) is 0. The minimum Gasteiger partial charge on any atom is -0.465 e. The monoisotopic (exact) mass is 195 g/mol. The molecule has 14 heavy (non-hydrogen) atoms. The molecule has 0 atom stereocenters. The lowest BCUT2D eigenvalue weighted by molar-refractivity contribution is -0.144. The summed E-state index contributed by atoms with van der Waals surface area (Å²) in [6, 6.07) is 0. The lowest BCUT2D eigenvalue weighted by Gasteiger charge is -2.15. The van der Waals surface area contributed by atoms with Crippen LogP contribution in [0.5, 0.6) is 0 Å². The van der Waals surface area contributed by atoms with E-state index in [0.29, 0.717) is 19.7 Å². The summed E-state index contributed by atoms with van der Waals surface area (Å²) in [7, 11) is 0. The van der Waals surface area contributed by atoms with Crippen molar-refractivity contribution in [3.8, 4) is 11.8 Å². The van der Waals surface area contributed by atoms with Crippen molar-refractivity contribution in [2.24, 2.45) is 0 Å². The first-order chi connectivity index (χ1) is 6.74. The van der Waals surface area contributed by atoms with Crippen molar-refractivity contribution in [1.29, 1.82) is 0 Å². The van der Waals surface area contributed by atoms with Gasteiger partial charge in [0.2, 0.25) is 0 Å². The molecule has 0 bridgehead atoms. The van der Waals surface area contributed by atoms with E-state index in [9.17, 15) is 4.79 Å². The van der Waals surface area contributed by atoms with Gasteiger partial charge in [-0.2, -0.15) is 0 Å². The molecule has 0 aliphatic carbocycles. The van der Waals surface area contributed by atoms with Crippen molar-refractivity contribution in [2.45, 2.75) is 13.8 Å². The molecule has 0 aromatic rings. The van der Waals surface area contributed by atoms with E-state index in [1.165, 1.54) is 0 Å². The SMILES string of the molecule is C=CCN(CC#CC)CC(=O)OCC. The van der Waals surface area contributed by atoms with Gasteiger partial charge < -0.3 is 4.74 Å². The van der Waals surface area contributed by atoms with Gasteiger partial charge in [0.15, 0.2) is 0 Å². The van der Waals surface area contributed by atoms with Crippen molar-refractivity contribution < 1.29 is 9.53 Å². The molecule has 78 valence electrons. The van der Waals surface area contributed by atoms with Crippen molar-refractivity contribution in [1.82, 2.24) is 4.90 Å². The second-order valence-corrected chi connectivity index (χ2v) is 2.69. The first-order valence-electron chi connectivity index (χ1n) is 4.63. The predicted octanol–water partition coefficient (Wildman–Crippen LogP) is 1.06. The van der Waals surface area contributed by atoms with Crippen LogP contribution in [0.1, 0.15) is 13.8 Å². The smallest absolute Gasteiger partial charge is 0.320 e. The summed E-state index contributed by atoms with van der Waals surface area (Å²) in [6.07, 6.45) is 1.75. The molecule has 0 aromatic carbocycles. The lowest BCUT2D eigenvalue weighted by Crippen LogP contribution is -2.31. The molecule has 0 aliphatic heterocycles. The van der Waals surface area contributed by atoms with E-state index >= 15 is 0 Å². The summed E-state index contributed by atoms with van der Waals surface area (Å²) in [6.45, 7) is 9.09. The number of carbonyl (C=O) groups excluding carboxylic acids is 1. The maximum absolute atomic E-state index is 11.1. The number of ether oxygens (including phenoxy) is 1. The van der Waals surface area contributed by atoms with E-state index in [1.807, 2.05) is 4.90 Å². The number of carbonyl (C=O) groups is 1. The van der Waals surface area contributed by atoms with Gasteiger partial charge >= 0.3 is 5.97 Å². The Hall–Kier alpha value is -1.27. The van der Waals surface area contributed by atoms with Crippen LogP contribution in [0.4, 0.5) is 0 Å². The first kappa shape index (κ1) is 12.7. The van der Waals surface area contributed by atoms with Crippen molar-refractivity contribution in [3.63, 3.8) is 0 Å². The Labute approximate surface area is 85.7 Å². The standard InChI is InChI=1S/C11H17NO2/c1-4-7-9-12(8-5-2)10-11(13)14-6-3/h5H,2,6,8-10H2,1,3H3. The molecule has 0 unspecified atom stereocenters. The van der Waals surface area contributed by atoms with E-state index in [2.05, 4.69) is 18.4 Å². The zero-order valence-corrected chi connectivity index (χ0v) is 8.88. The third-order valence-corrected chi connectivity index (χ3v) is 1.52.